The highest BCUT2D eigenvalue weighted by Gasteiger charge is 2.22. The minimum atomic E-state index is -0.227. The lowest BCUT2D eigenvalue weighted by molar-refractivity contribution is 0.0988. The molecule has 0 bridgehead atoms. The summed E-state index contributed by atoms with van der Waals surface area (Å²) < 4.78 is 5.55. The second kappa shape index (κ2) is 8.65. The van der Waals surface area contributed by atoms with Gasteiger partial charge in [0.1, 0.15) is 5.75 Å². The Morgan fingerprint density at radius 3 is 3.04 bits per heavy atom. The third-order valence-electron chi connectivity index (χ3n) is 5.87. The molecule has 1 N–H and O–H groups in total. The van der Waals surface area contributed by atoms with E-state index in [1.54, 1.807) is 7.11 Å². The molecule has 1 amide bonds. The first kappa shape index (κ1) is 18.8. The fraction of sp³-hybridized carbons (Fsp3) is 0.435. The number of azo groups is 1. The van der Waals surface area contributed by atoms with E-state index in [9.17, 15) is 4.79 Å². The summed E-state index contributed by atoms with van der Waals surface area (Å²) in [4.78, 5) is 11.7. The van der Waals surface area contributed by atoms with Crippen molar-refractivity contribution < 1.29 is 9.53 Å². The van der Waals surface area contributed by atoms with E-state index < -0.39 is 0 Å². The van der Waals surface area contributed by atoms with Crippen LogP contribution in [0.1, 0.15) is 57.8 Å². The van der Waals surface area contributed by atoms with Crippen molar-refractivity contribution in [2.75, 3.05) is 20.2 Å². The first-order chi connectivity index (χ1) is 13.8. The molecule has 4 rings (SSSR count). The molecule has 0 aromatic heterocycles. The summed E-state index contributed by atoms with van der Waals surface area (Å²) in [6.45, 7) is 2.46. The SMILES string of the molecule is COc1cccc2c1CCCC2CCNCCc1ccc2c(c1)CN=NC2=O. The molecule has 2 aromatic carbocycles. The van der Waals surface area contributed by atoms with Crippen LogP contribution in [0.2, 0.25) is 0 Å². The summed E-state index contributed by atoms with van der Waals surface area (Å²) in [6.07, 6.45) is 5.73. The van der Waals surface area contributed by atoms with E-state index in [0.717, 1.165) is 43.7 Å². The van der Waals surface area contributed by atoms with Crippen LogP contribution in [0.25, 0.3) is 0 Å². The summed E-state index contributed by atoms with van der Waals surface area (Å²) in [5, 5.41) is 11.1. The number of fused-ring (bicyclic) bond motifs is 2. The van der Waals surface area contributed by atoms with Crippen molar-refractivity contribution in [1.82, 2.24) is 5.32 Å². The molecule has 1 unspecified atom stereocenters. The highest BCUT2D eigenvalue weighted by atomic mass is 16.5. The predicted octanol–water partition coefficient (Wildman–Crippen LogP) is 4.44. The monoisotopic (exact) mass is 377 g/mol. The largest absolute Gasteiger partial charge is 0.496 e. The first-order valence-electron chi connectivity index (χ1n) is 10.2. The number of ether oxygens (including phenoxy) is 1. The Bertz CT molecular complexity index is 891. The molecule has 5 heteroatoms. The standard InChI is InChI=1S/C23H27N3O2/c1-28-22-7-3-5-19-17(4-2-6-21(19)22)11-13-24-12-10-16-8-9-20-18(14-16)15-25-26-23(20)27/h3,5,7-9,14,17,24H,2,4,6,10-13,15H2,1H3. The van der Waals surface area contributed by atoms with Gasteiger partial charge < -0.3 is 10.1 Å². The van der Waals surface area contributed by atoms with Crippen LogP contribution in [-0.2, 0) is 19.4 Å². The summed E-state index contributed by atoms with van der Waals surface area (Å²) in [7, 11) is 1.76. The number of hydrogen-bond donors (Lipinski definition) is 1. The summed E-state index contributed by atoms with van der Waals surface area (Å²) in [5.41, 5.74) is 5.80. The zero-order valence-corrected chi connectivity index (χ0v) is 16.4. The average molecular weight is 377 g/mol. The van der Waals surface area contributed by atoms with Gasteiger partial charge in [-0.2, -0.15) is 5.11 Å². The van der Waals surface area contributed by atoms with E-state index in [-0.39, 0.29) is 5.91 Å². The van der Waals surface area contributed by atoms with E-state index in [1.807, 2.05) is 12.1 Å². The van der Waals surface area contributed by atoms with Gasteiger partial charge in [0, 0.05) is 5.56 Å². The van der Waals surface area contributed by atoms with E-state index >= 15 is 0 Å². The van der Waals surface area contributed by atoms with Crippen LogP contribution in [0.3, 0.4) is 0 Å². The molecular formula is C23H27N3O2. The molecular weight excluding hydrogens is 350 g/mol. The number of amides is 1. The molecule has 2 aliphatic rings. The molecule has 0 fully saturated rings. The lowest BCUT2D eigenvalue weighted by Gasteiger charge is -2.27. The van der Waals surface area contributed by atoms with Crippen molar-refractivity contribution in [3.63, 3.8) is 0 Å². The average Bonchev–Trinajstić information content (AvgIpc) is 2.73. The van der Waals surface area contributed by atoms with Gasteiger partial charge in [0.15, 0.2) is 0 Å². The maximum atomic E-state index is 11.7. The Morgan fingerprint density at radius 2 is 2.14 bits per heavy atom. The molecule has 1 aliphatic carbocycles. The molecule has 2 aromatic rings. The van der Waals surface area contributed by atoms with Gasteiger partial charge in [-0.15, -0.1) is 5.11 Å². The van der Waals surface area contributed by atoms with Crippen LogP contribution < -0.4 is 10.1 Å². The van der Waals surface area contributed by atoms with Gasteiger partial charge in [0.05, 0.1) is 13.7 Å². The molecule has 28 heavy (non-hydrogen) atoms. The molecule has 1 heterocycles. The van der Waals surface area contributed by atoms with Crippen molar-refractivity contribution in [3.05, 3.63) is 64.2 Å². The van der Waals surface area contributed by atoms with E-state index in [4.69, 9.17) is 4.74 Å². The maximum Gasteiger partial charge on any atom is 0.295 e. The van der Waals surface area contributed by atoms with E-state index in [2.05, 4.69) is 39.8 Å². The second-order valence-electron chi connectivity index (χ2n) is 7.60. The van der Waals surface area contributed by atoms with Crippen LogP contribution in [0, 0.1) is 0 Å². The smallest absolute Gasteiger partial charge is 0.295 e. The second-order valence-corrected chi connectivity index (χ2v) is 7.60. The highest BCUT2D eigenvalue weighted by Crippen LogP contribution is 2.38. The van der Waals surface area contributed by atoms with Gasteiger partial charge in [0.25, 0.3) is 5.91 Å². The number of methoxy groups -OCH3 is 1. The molecule has 0 radical (unpaired) electrons. The lowest BCUT2D eigenvalue weighted by Crippen LogP contribution is -2.22. The molecule has 1 aliphatic heterocycles. The number of benzene rings is 2. The number of carbonyl (C=O) groups is 1. The molecule has 1 atom stereocenters. The van der Waals surface area contributed by atoms with Gasteiger partial charge in [-0.3, -0.25) is 4.79 Å². The normalized spacial score (nSPS) is 17.9. The minimum Gasteiger partial charge on any atom is -0.496 e. The first-order valence-corrected chi connectivity index (χ1v) is 10.2. The van der Waals surface area contributed by atoms with Crippen molar-refractivity contribution in [3.8, 4) is 5.75 Å². The van der Waals surface area contributed by atoms with Crippen LogP contribution >= 0.6 is 0 Å². The summed E-state index contributed by atoms with van der Waals surface area (Å²) in [6, 6.07) is 12.5. The fourth-order valence-corrected chi connectivity index (χ4v) is 4.41. The van der Waals surface area contributed by atoms with Crippen LogP contribution in [0.5, 0.6) is 5.75 Å². The fourth-order valence-electron chi connectivity index (χ4n) is 4.41. The molecule has 146 valence electrons. The number of hydrogen-bond acceptors (Lipinski definition) is 4. The highest BCUT2D eigenvalue weighted by molar-refractivity contribution is 5.96. The molecule has 5 nitrogen and oxygen atoms in total. The van der Waals surface area contributed by atoms with E-state index in [0.29, 0.717) is 18.0 Å². The van der Waals surface area contributed by atoms with Crippen molar-refractivity contribution >= 4 is 5.91 Å². The predicted molar refractivity (Wildman–Crippen MR) is 109 cm³/mol. The van der Waals surface area contributed by atoms with Gasteiger partial charge in [-0.25, -0.2) is 0 Å². The van der Waals surface area contributed by atoms with Crippen molar-refractivity contribution in [2.45, 2.75) is 44.6 Å². The Balaban J connectivity index is 1.27. The number of nitrogens with one attached hydrogen (secondary N) is 1. The molecule has 0 spiro atoms. The number of rotatable bonds is 7. The lowest BCUT2D eigenvalue weighted by atomic mass is 9.80. The van der Waals surface area contributed by atoms with E-state index in [1.165, 1.54) is 29.5 Å². The van der Waals surface area contributed by atoms with Gasteiger partial charge >= 0.3 is 0 Å². The van der Waals surface area contributed by atoms with Gasteiger partial charge in [-0.05, 0) is 85.5 Å². The Morgan fingerprint density at radius 1 is 1.21 bits per heavy atom. The zero-order chi connectivity index (χ0) is 19.3. The zero-order valence-electron chi connectivity index (χ0n) is 16.4. The van der Waals surface area contributed by atoms with Crippen LogP contribution in [-0.4, -0.2) is 26.1 Å². The van der Waals surface area contributed by atoms with Crippen molar-refractivity contribution in [2.24, 2.45) is 10.2 Å². The molecule has 0 saturated heterocycles. The van der Waals surface area contributed by atoms with Gasteiger partial charge in [0.2, 0.25) is 0 Å². The van der Waals surface area contributed by atoms with Crippen molar-refractivity contribution in [1.29, 1.82) is 0 Å². The Hall–Kier alpha value is -2.53. The molecule has 0 saturated carbocycles. The quantitative estimate of drug-likeness (QED) is 0.726. The third-order valence-corrected chi connectivity index (χ3v) is 5.87. The number of carbonyl (C=O) groups excluding carboxylic acids is 1. The van der Waals surface area contributed by atoms with Crippen LogP contribution in [0.15, 0.2) is 46.6 Å². The van der Waals surface area contributed by atoms with Gasteiger partial charge in [-0.1, -0.05) is 24.3 Å². The summed E-state index contributed by atoms with van der Waals surface area (Å²) >= 11 is 0. The Labute approximate surface area is 166 Å². The number of nitrogens with zero attached hydrogens (tertiary/aromatic N) is 2. The minimum absolute atomic E-state index is 0.227. The summed E-state index contributed by atoms with van der Waals surface area (Å²) in [5.74, 6) is 1.43. The maximum absolute atomic E-state index is 11.7. The third kappa shape index (κ3) is 3.99. The Kier molecular flexibility index (Phi) is 5.81. The van der Waals surface area contributed by atoms with Crippen LogP contribution in [0.4, 0.5) is 0 Å². The topological polar surface area (TPSA) is 63.0 Å².